The number of alkyl halides is 1. The third-order valence-corrected chi connectivity index (χ3v) is 6.66. The van der Waals surface area contributed by atoms with Crippen molar-refractivity contribution < 1.29 is 9.50 Å². The first-order valence-electron chi connectivity index (χ1n) is 11.1. The molecule has 7 nitrogen and oxygen atoms in total. The molecule has 0 radical (unpaired) electrons. The van der Waals surface area contributed by atoms with Crippen LogP contribution in [0.1, 0.15) is 31.4 Å². The van der Waals surface area contributed by atoms with Gasteiger partial charge in [-0.05, 0) is 50.5 Å². The fourth-order valence-electron chi connectivity index (χ4n) is 4.83. The Morgan fingerprint density at radius 2 is 1.94 bits per heavy atom. The van der Waals surface area contributed by atoms with Crippen molar-refractivity contribution in [3.8, 4) is 28.3 Å². The molecule has 2 N–H and O–H groups in total. The molecule has 5 rings (SSSR count). The maximum absolute atomic E-state index is 15.1. The van der Waals surface area contributed by atoms with Crippen molar-refractivity contribution in [2.45, 2.75) is 56.9 Å². The fraction of sp³-hybridized carbons (Fsp3) is 0.417. The van der Waals surface area contributed by atoms with Crippen molar-refractivity contribution >= 4 is 5.82 Å². The summed E-state index contributed by atoms with van der Waals surface area (Å²) in [6, 6.07) is 9.06. The number of aromatic nitrogens is 4. The van der Waals surface area contributed by atoms with Crippen LogP contribution in [-0.4, -0.2) is 56.6 Å². The van der Waals surface area contributed by atoms with E-state index in [4.69, 9.17) is 0 Å². The van der Waals surface area contributed by atoms with Crippen molar-refractivity contribution in [3.05, 3.63) is 48.4 Å². The SMILES string of the molecule is Cc1cnc(-c2ccc(-c3ccc(N(C)[C@@H]4C[C@@H]5CCC[C@@H](N5)[C@@H]4F)nn3)c(O)c2)cn1. The second-order valence-electron chi connectivity index (χ2n) is 8.81. The summed E-state index contributed by atoms with van der Waals surface area (Å²) < 4.78 is 15.1. The van der Waals surface area contributed by atoms with Gasteiger partial charge in [-0.25, -0.2) is 4.39 Å². The Morgan fingerprint density at radius 1 is 1.06 bits per heavy atom. The lowest BCUT2D eigenvalue weighted by Crippen LogP contribution is -2.61. The van der Waals surface area contributed by atoms with Crippen molar-refractivity contribution in [3.63, 3.8) is 0 Å². The molecule has 2 aromatic heterocycles. The number of phenols is 1. The maximum atomic E-state index is 15.1. The zero-order chi connectivity index (χ0) is 22.2. The van der Waals surface area contributed by atoms with Gasteiger partial charge in [-0.1, -0.05) is 12.5 Å². The van der Waals surface area contributed by atoms with Crippen LogP contribution < -0.4 is 10.2 Å². The standard InChI is InChI=1S/C24H27FN6O/c1-14-12-27-20(13-26-14)15-6-7-17(22(32)10-15)18-8-9-23(30-29-18)31(2)21-11-16-4-3-5-19(28-16)24(21)25/h6-10,12-13,16,19,21,24,28,32H,3-5,11H2,1-2H3/t16-,19+,21+,24-/m0/s1. The summed E-state index contributed by atoms with van der Waals surface area (Å²) in [7, 11) is 1.89. The van der Waals surface area contributed by atoms with E-state index in [2.05, 4.69) is 25.5 Å². The molecule has 2 saturated heterocycles. The summed E-state index contributed by atoms with van der Waals surface area (Å²) in [5.74, 6) is 0.725. The second-order valence-corrected chi connectivity index (χ2v) is 8.81. The third-order valence-electron chi connectivity index (χ3n) is 6.66. The molecular weight excluding hydrogens is 407 g/mol. The average molecular weight is 435 g/mol. The summed E-state index contributed by atoms with van der Waals surface area (Å²) in [4.78, 5) is 10.5. The van der Waals surface area contributed by atoms with E-state index in [1.165, 1.54) is 0 Å². The monoisotopic (exact) mass is 434 g/mol. The number of rotatable bonds is 4. The van der Waals surface area contributed by atoms with Crippen molar-refractivity contribution in [1.29, 1.82) is 0 Å². The van der Waals surface area contributed by atoms with Crippen LogP contribution in [0.2, 0.25) is 0 Å². The molecule has 2 aliphatic rings. The molecule has 2 bridgehead atoms. The number of nitrogens with one attached hydrogen (secondary N) is 1. The van der Waals surface area contributed by atoms with E-state index >= 15 is 4.39 Å². The highest BCUT2D eigenvalue weighted by Gasteiger charge is 2.41. The molecule has 0 spiro atoms. The number of aromatic hydroxyl groups is 1. The summed E-state index contributed by atoms with van der Waals surface area (Å²) >= 11 is 0. The van der Waals surface area contributed by atoms with E-state index in [1.54, 1.807) is 24.5 Å². The first-order valence-corrected chi connectivity index (χ1v) is 11.1. The van der Waals surface area contributed by atoms with Crippen LogP contribution in [0.5, 0.6) is 5.75 Å². The van der Waals surface area contributed by atoms with Crippen LogP contribution in [0.25, 0.3) is 22.5 Å². The second kappa shape index (κ2) is 8.43. The highest BCUT2D eigenvalue weighted by molar-refractivity contribution is 5.72. The van der Waals surface area contributed by atoms with Gasteiger partial charge in [0, 0.05) is 36.5 Å². The van der Waals surface area contributed by atoms with Crippen LogP contribution in [0.4, 0.5) is 10.2 Å². The first kappa shape index (κ1) is 20.8. The number of aryl methyl sites for hydroxylation is 1. The Hall–Kier alpha value is -3.13. The predicted octanol–water partition coefficient (Wildman–Crippen LogP) is 3.67. The van der Waals surface area contributed by atoms with Gasteiger partial charge in [0.25, 0.3) is 0 Å². The van der Waals surface area contributed by atoms with Gasteiger partial charge in [-0.15, -0.1) is 10.2 Å². The molecule has 0 unspecified atom stereocenters. The lowest BCUT2D eigenvalue weighted by atomic mass is 9.82. The number of fused-ring (bicyclic) bond motifs is 2. The van der Waals surface area contributed by atoms with Crippen molar-refractivity contribution in [2.75, 3.05) is 11.9 Å². The van der Waals surface area contributed by atoms with Gasteiger partial charge in [-0.2, -0.15) is 0 Å². The van der Waals surface area contributed by atoms with Crippen LogP contribution in [-0.2, 0) is 0 Å². The molecule has 32 heavy (non-hydrogen) atoms. The van der Waals surface area contributed by atoms with Gasteiger partial charge in [0.2, 0.25) is 0 Å². The first-order chi connectivity index (χ1) is 15.5. The Kier molecular flexibility index (Phi) is 5.46. The number of phenolic OH excluding ortho intramolecular Hbond substituents is 1. The molecule has 0 saturated carbocycles. The minimum absolute atomic E-state index is 0.0733. The van der Waals surface area contributed by atoms with Crippen molar-refractivity contribution in [1.82, 2.24) is 25.5 Å². The molecule has 166 valence electrons. The minimum Gasteiger partial charge on any atom is -0.507 e. The van der Waals surface area contributed by atoms with Gasteiger partial charge in [-0.3, -0.25) is 9.97 Å². The van der Waals surface area contributed by atoms with Crippen LogP contribution in [0.15, 0.2) is 42.7 Å². The highest BCUT2D eigenvalue weighted by atomic mass is 19.1. The molecule has 0 amide bonds. The lowest BCUT2D eigenvalue weighted by Gasteiger charge is -2.46. The Morgan fingerprint density at radius 3 is 2.66 bits per heavy atom. The predicted molar refractivity (Wildman–Crippen MR) is 121 cm³/mol. The van der Waals surface area contributed by atoms with Gasteiger partial charge in [0.1, 0.15) is 11.9 Å². The molecular formula is C24H27FN6O. The number of piperidine rings is 2. The van der Waals surface area contributed by atoms with Crippen LogP contribution in [0, 0.1) is 6.92 Å². The Bertz CT molecular complexity index is 1090. The van der Waals surface area contributed by atoms with E-state index in [1.807, 2.05) is 37.1 Å². The molecule has 3 aromatic rings. The molecule has 1 aromatic carbocycles. The molecule has 8 heteroatoms. The fourth-order valence-corrected chi connectivity index (χ4v) is 4.83. The molecule has 4 atom stereocenters. The zero-order valence-corrected chi connectivity index (χ0v) is 18.2. The number of anilines is 1. The third kappa shape index (κ3) is 3.90. The average Bonchev–Trinajstić information content (AvgIpc) is 2.82. The van der Waals surface area contributed by atoms with E-state index in [0.29, 0.717) is 28.8 Å². The van der Waals surface area contributed by atoms with Crippen LogP contribution >= 0.6 is 0 Å². The van der Waals surface area contributed by atoms with Gasteiger partial charge in [0.05, 0.1) is 29.3 Å². The number of nitrogens with zero attached hydrogens (tertiary/aromatic N) is 5. The number of halogens is 1. The zero-order valence-electron chi connectivity index (χ0n) is 18.2. The van der Waals surface area contributed by atoms with Gasteiger partial charge >= 0.3 is 0 Å². The normalized spacial score (nSPS) is 24.8. The molecule has 0 aliphatic carbocycles. The van der Waals surface area contributed by atoms with E-state index in [9.17, 15) is 5.11 Å². The molecule has 4 heterocycles. The largest absolute Gasteiger partial charge is 0.507 e. The Balaban J connectivity index is 1.35. The summed E-state index contributed by atoms with van der Waals surface area (Å²) in [6.45, 7) is 1.88. The minimum atomic E-state index is -0.931. The van der Waals surface area contributed by atoms with Crippen molar-refractivity contribution in [2.24, 2.45) is 0 Å². The number of hydrogen-bond acceptors (Lipinski definition) is 7. The summed E-state index contributed by atoms with van der Waals surface area (Å²) in [5.41, 5.74) is 3.43. The van der Waals surface area contributed by atoms with E-state index < -0.39 is 6.17 Å². The van der Waals surface area contributed by atoms with E-state index in [0.717, 1.165) is 36.9 Å². The maximum Gasteiger partial charge on any atom is 0.151 e. The van der Waals surface area contributed by atoms with Gasteiger partial charge < -0.3 is 15.3 Å². The number of hydrogen-bond donors (Lipinski definition) is 2. The molecule has 2 aliphatic heterocycles. The highest BCUT2D eigenvalue weighted by Crippen LogP contribution is 2.34. The summed E-state index contributed by atoms with van der Waals surface area (Å²) in [6.07, 6.45) is 6.28. The quantitative estimate of drug-likeness (QED) is 0.648. The van der Waals surface area contributed by atoms with Gasteiger partial charge in [0.15, 0.2) is 5.82 Å². The Labute approximate surface area is 186 Å². The molecule has 2 fully saturated rings. The smallest absolute Gasteiger partial charge is 0.151 e. The number of benzene rings is 1. The lowest BCUT2D eigenvalue weighted by molar-refractivity contribution is 0.107. The van der Waals surface area contributed by atoms with Crippen LogP contribution in [0.3, 0.4) is 0 Å². The van der Waals surface area contributed by atoms with E-state index in [-0.39, 0.29) is 17.8 Å². The summed E-state index contributed by atoms with van der Waals surface area (Å²) in [5, 5.41) is 22.7. The topological polar surface area (TPSA) is 87.1 Å².